The third kappa shape index (κ3) is 5.51. The van der Waals surface area contributed by atoms with Gasteiger partial charge < -0.3 is 4.57 Å². The smallest absolute Gasteiger partial charge is 0.267 e. The largest absolute Gasteiger partial charge is 0.318 e. The molecule has 1 amide bonds. The fourth-order valence-corrected chi connectivity index (χ4v) is 7.61. The average molecular weight is 538 g/mol. The highest BCUT2D eigenvalue weighted by atomic mass is 32.2. The van der Waals surface area contributed by atoms with Crippen molar-refractivity contribution in [3.8, 4) is 16.8 Å². The van der Waals surface area contributed by atoms with Gasteiger partial charge in [0.1, 0.15) is 0 Å². The summed E-state index contributed by atoms with van der Waals surface area (Å²) >= 11 is 1.61. The van der Waals surface area contributed by atoms with E-state index >= 15 is 0 Å². The summed E-state index contributed by atoms with van der Waals surface area (Å²) in [5.41, 5.74) is 7.01. The van der Waals surface area contributed by atoms with Crippen molar-refractivity contribution in [3.05, 3.63) is 82.5 Å². The first-order valence-electron chi connectivity index (χ1n) is 14.7. The van der Waals surface area contributed by atoms with Gasteiger partial charge in [-0.15, -0.1) is 0 Å². The molecule has 1 saturated heterocycles. The van der Waals surface area contributed by atoms with Gasteiger partial charge in [-0.3, -0.25) is 14.7 Å². The summed E-state index contributed by atoms with van der Waals surface area (Å²) in [4.78, 5) is 21.9. The summed E-state index contributed by atoms with van der Waals surface area (Å²) in [5.74, 6) is 0.151. The van der Waals surface area contributed by atoms with Gasteiger partial charge in [0.05, 0.1) is 10.9 Å². The van der Waals surface area contributed by atoms with Crippen LogP contribution < -0.4 is 0 Å². The van der Waals surface area contributed by atoms with Crippen LogP contribution in [0.3, 0.4) is 0 Å². The molecular weight excluding hydrogens is 498 g/mol. The van der Waals surface area contributed by atoms with Crippen molar-refractivity contribution < 1.29 is 4.79 Å². The second-order valence-electron chi connectivity index (χ2n) is 11.4. The van der Waals surface area contributed by atoms with Crippen LogP contribution in [0.1, 0.15) is 81.2 Å². The van der Waals surface area contributed by atoms with Crippen LogP contribution in [0.5, 0.6) is 0 Å². The number of carbonyl (C=O) groups excluding carboxylic acids is 1. The molecule has 2 aliphatic carbocycles. The van der Waals surface area contributed by atoms with Crippen molar-refractivity contribution in [2.24, 2.45) is 4.99 Å². The molecule has 0 N–H and O–H groups in total. The predicted octanol–water partition coefficient (Wildman–Crippen LogP) is 8.70. The van der Waals surface area contributed by atoms with Crippen LogP contribution in [0.25, 0.3) is 22.9 Å². The number of benzene rings is 2. The Labute approximate surface area is 237 Å². The van der Waals surface area contributed by atoms with Crippen LogP contribution in [0.4, 0.5) is 0 Å². The second-order valence-corrected chi connectivity index (χ2v) is 12.4. The average Bonchev–Trinajstić information content (AvgIpc) is 3.43. The van der Waals surface area contributed by atoms with Crippen molar-refractivity contribution in [2.75, 3.05) is 0 Å². The van der Waals surface area contributed by atoms with Crippen molar-refractivity contribution in [3.63, 3.8) is 0 Å². The molecule has 0 spiro atoms. The van der Waals surface area contributed by atoms with Gasteiger partial charge >= 0.3 is 0 Å². The lowest BCUT2D eigenvalue weighted by Gasteiger charge is -2.31. The van der Waals surface area contributed by atoms with Gasteiger partial charge in [0.25, 0.3) is 5.91 Å². The molecule has 0 atom stereocenters. The van der Waals surface area contributed by atoms with Crippen LogP contribution in [0.2, 0.25) is 0 Å². The summed E-state index contributed by atoms with van der Waals surface area (Å²) in [7, 11) is 0. The molecule has 0 radical (unpaired) electrons. The van der Waals surface area contributed by atoms with Crippen molar-refractivity contribution in [1.82, 2.24) is 9.47 Å². The number of aromatic nitrogens is 1. The first-order chi connectivity index (χ1) is 19.1. The minimum Gasteiger partial charge on any atom is -0.318 e. The fourth-order valence-electron chi connectivity index (χ4n) is 6.51. The SMILES string of the molecule is Cc1cc(C=C2SC(=NC3CCCCC3)N(C3CCCCC3)C2=O)c(C)n1-c1ccc(-c2ccccc2)cc1. The summed E-state index contributed by atoms with van der Waals surface area (Å²) in [6.45, 7) is 4.30. The maximum absolute atomic E-state index is 13.9. The Morgan fingerprint density at radius 1 is 0.821 bits per heavy atom. The van der Waals surface area contributed by atoms with E-state index in [1.807, 2.05) is 6.07 Å². The highest BCUT2D eigenvalue weighted by Crippen LogP contribution is 2.39. The number of carbonyl (C=O) groups is 1. The number of amides is 1. The van der Waals surface area contributed by atoms with Crippen LogP contribution in [-0.2, 0) is 4.79 Å². The lowest BCUT2D eigenvalue weighted by atomic mass is 9.94. The summed E-state index contributed by atoms with van der Waals surface area (Å²) < 4.78 is 2.29. The van der Waals surface area contributed by atoms with E-state index in [-0.39, 0.29) is 5.91 Å². The number of aryl methyl sites for hydroxylation is 1. The number of nitrogens with zero attached hydrogens (tertiary/aromatic N) is 3. The van der Waals surface area contributed by atoms with E-state index in [1.165, 1.54) is 55.3 Å². The van der Waals surface area contributed by atoms with E-state index in [9.17, 15) is 4.79 Å². The van der Waals surface area contributed by atoms with Crippen LogP contribution in [-0.4, -0.2) is 32.6 Å². The quantitative estimate of drug-likeness (QED) is 0.305. The van der Waals surface area contributed by atoms with Gasteiger partial charge in [0.2, 0.25) is 0 Å². The predicted molar refractivity (Wildman–Crippen MR) is 164 cm³/mol. The van der Waals surface area contributed by atoms with E-state index in [0.29, 0.717) is 12.1 Å². The molecule has 0 bridgehead atoms. The van der Waals surface area contributed by atoms with Crippen LogP contribution >= 0.6 is 11.8 Å². The maximum Gasteiger partial charge on any atom is 0.267 e. The van der Waals surface area contributed by atoms with Gasteiger partial charge in [-0.05, 0) is 92.3 Å². The van der Waals surface area contributed by atoms with E-state index in [4.69, 9.17) is 4.99 Å². The van der Waals surface area contributed by atoms with Gasteiger partial charge in [-0.1, -0.05) is 81.0 Å². The second kappa shape index (κ2) is 11.6. The zero-order valence-corrected chi connectivity index (χ0v) is 24.1. The molecule has 3 aromatic rings. The Balaban J connectivity index is 1.30. The Morgan fingerprint density at radius 2 is 1.46 bits per heavy atom. The minimum absolute atomic E-state index is 0.151. The standard InChI is InChI=1S/C34H39N3OS/c1-24-22-28(25(2)36(24)31-20-18-27(19-21-31)26-12-6-3-7-13-26)23-32-33(38)37(30-16-10-5-11-17-30)34(39-32)35-29-14-8-4-9-15-29/h3,6-7,12-13,18-23,29-30H,4-5,8-11,14-17H2,1-2H3. The molecule has 5 heteroatoms. The number of aliphatic imine (C=N–C) groups is 1. The number of thioether (sulfide) groups is 1. The first kappa shape index (κ1) is 26.2. The first-order valence-corrected chi connectivity index (χ1v) is 15.6. The Kier molecular flexibility index (Phi) is 7.78. The summed E-state index contributed by atoms with van der Waals surface area (Å²) in [6.07, 6.45) is 14.1. The number of hydrogen-bond acceptors (Lipinski definition) is 3. The van der Waals surface area contributed by atoms with E-state index < -0.39 is 0 Å². The van der Waals surface area contributed by atoms with Crippen molar-refractivity contribution in [1.29, 1.82) is 0 Å². The minimum atomic E-state index is 0.151. The summed E-state index contributed by atoms with van der Waals surface area (Å²) in [6, 6.07) is 22.1. The summed E-state index contributed by atoms with van der Waals surface area (Å²) in [5, 5.41) is 0.954. The molecule has 39 heavy (non-hydrogen) atoms. The lowest BCUT2D eigenvalue weighted by molar-refractivity contribution is -0.124. The van der Waals surface area contributed by atoms with Gasteiger partial charge in [-0.25, -0.2) is 0 Å². The highest BCUT2D eigenvalue weighted by molar-refractivity contribution is 8.18. The van der Waals surface area contributed by atoms with Gasteiger partial charge in [-0.2, -0.15) is 0 Å². The molecule has 3 fully saturated rings. The fraction of sp³-hybridized carbons (Fsp3) is 0.412. The highest BCUT2D eigenvalue weighted by Gasteiger charge is 2.39. The number of hydrogen-bond donors (Lipinski definition) is 0. The van der Waals surface area contributed by atoms with Gasteiger partial charge in [0, 0.05) is 23.1 Å². The van der Waals surface area contributed by atoms with Crippen molar-refractivity contribution in [2.45, 2.75) is 90.1 Å². The third-order valence-corrected chi connectivity index (χ3v) is 9.63. The van der Waals surface area contributed by atoms with Crippen molar-refractivity contribution >= 4 is 28.9 Å². The van der Waals surface area contributed by atoms with E-state index in [2.05, 4.69) is 84.0 Å². The Bertz CT molecular complexity index is 1370. The van der Waals surface area contributed by atoms with E-state index in [1.54, 1.807) is 11.8 Å². The van der Waals surface area contributed by atoms with Gasteiger partial charge in [0.15, 0.2) is 5.17 Å². The number of amidine groups is 1. The van der Waals surface area contributed by atoms with Crippen LogP contribution in [0, 0.1) is 13.8 Å². The Hall–Kier alpha value is -3.05. The molecule has 2 aromatic carbocycles. The monoisotopic (exact) mass is 537 g/mol. The normalized spacial score (nSPS) is 21.4. The molecular formula is C34H39N3OS. The topological polar surface area (TPSA) is 37.6 Å². The third-order valence-electron chi connectivity index (χ3n) is 8.63. The molecule has 3 aliphatic rings. The maximum atomic E-state index is 13.9. The molecule has 4 nitrogen and oxygen atoms in total. The van der Waals surface area contributed by atoms with Crippen LogP contribution in [0.15, 0.2) is 70.6 Å². The molecule has 6 rings (SSSR count). The zero-order valence-electron chi connectivity index (χ0n) is 23.2. The molecule has 0 unspecified atom stereocenters. The lowest BCUT2D eigenvalue weighted by Crippen LogP contribution is -2.41. The molecule has 1 aliphatic heterocycles. The molecule has 202 valence electrons. The van der Waals surface area contributed by atoms with E-state index in [0.717, 1.165) is 52.7 Å². The zero-order chi connectivity index (χ0) is 26.8. The molecule has 1 aromatic heterocycles. The molecule has 2 saturated carbocycles. The Morgan fingerprint density at radius 3 is 2.15 bits per heavy atom. The molecule has 2 heterocycles. The number of rotatable bonds is 5.